The molecule has 132 valence electrons. The second kappa shape index (κ2) is 8.06. The van der Waals surface area contributed by atoms with Gasteiger partial charge >= 0.3 is 0 Å². The van der Waals surface area contributed by atoms with Crippen LogP contribution in [-0.2, 0) is 9.59 Å². The largest absolute Gasteiger partial charge is 0.339 e. The molecule has 2 aromatic carbocycles. The van der Waals surface area contributed by atoms with Crippen LogP contribution in [0.5, 0.6) is 0 Å². The maximum atomic E-state index is 12.8. The van der Waals surface area contributed by atoms with Crippen LogP contribution >= 0.6 is 0 Å². The Hall–Kier alpha value is -3.48. The van der Waals surface area contributed by atoms with Crippen molar-refractivity contribution < 1.29 is 9.59 Å². The molecule has 0 aliphatic heterocycles. The Morgan fingerprint density at radius 2 is 1.62 bits per heavy atom. The zero-order valence-corrected chi connectivity index (χ0v) is 14.2. The van der Waals surface area contributed by atoms with Gasteiger partial charge in [-0.1, -0.05) is 48.5 Å². The lowest BCUT2D eigenvalue weighted by atomic mass is 10.1. The highest BCUT2D eigenvalue weighted by molar-refractivity contribution is 5.98. The zero-order valence-electron chi connectivity index (χ0n) is 14.2. The summed E-state index contributed by atoms with van der Waals surface area (Å²) in [5.74, 6) is -0.644. The molecule has 3 rings (SSSR count). The summed E-state index contributed by atoms with van der Waals surface area (Å²) in [7, 11) is 0. The summed E-state index contributed by atoms with van der Waals surface area (Å²) in [5, 5.41) is 9.61. The van der Waals surface area contributed by atoms with Gasteiger partial charge in [-0.25, -0.2) is 9.67 Å². The minimum absolute atomic E-state index is 0.318. The number of benzene rings is 2. The predicted molar refractivity (Wildman–Crippen MR) is 97.1 cm³/mol. The highest BCUT2D eigenvalue weighted by Crippen LogP contribution is 2.17. The number of hydrogen-bond acceptors (Lipinski definition) is 4. The quantitative estimate of drug-likeness (QED) is 0.715. The van der Waals surface area contributed by atoms with E-state index in [1.807, 2.05) is 36.4 Å². The van der Waals surface area contributed by atoms with Gasteiger partial charge in [-0.3, -0.25) is 9.59 Å². The first-order valence-electron chi connectivity index (χ1n) is 8.20. The van der Waals surface area contributed by atoms with E-state index in [9.17, 15) is 9.59 Å². The summed E-state index contributed by atoms with van der Waals surface area (Å²) in [6, 6.07) is 16.8. The number of anilines is 1. The summed E-state index contributed by atoms with van der Waals surface area (Å²) in [4.78, 5) is 29.2. The lowest BCUT2D eigenvalue weighted by Crippen LogP contribution is -2.40. The van der Waals surface area contributed by atoms with Gasteiger partial charge in [0.25, 0.3) is 5.91 Å². The van der Waals surface area contributed by atoms with Crippen molar-refractivity contribution in [2.75, 3.05) is 5.32 Å². The number of amides is 2. The predicted octanol–water partition coefficient (Wildman–Crippen LogP) is 2.34. The van der Waals surface area contributed by atoms with Crippen molar-refractivity contribution in [1.29, 1.82) is 0 Å². The smallest absolute Gasteiger partial charge is 0.251 e. The molecule has 0 spiro atoms. The Kier molecular flexibility index (Phi) is 5.38. The lowest BCUT2D eigenvalue weighted by Gasteiger charge is -2.21. The molecule has 0 bridgehead atoms. The normalized spacial score (nSPS) is 12.8. The fourth-order valence-electron chi connectivity index (χ4n) is 2.48. The molecule has 0 saturated carbocycles. The number of carbonyl (C=O) groups is 2. The first-order chi connectivity index (χ1) is 12.6. The van der Waals surface area contributed by atoms with Crippen LogP contribution in [0.2, 0.25) is 0 Å². The minimum Gasteiger partial charge on any atom is -0.339 e. The van der Waals surface area contributed by atoms with E-state index < -0.39 is 12.1 Å². The Labute approximate surface area is 151 Å². The number of rotatable bonds is 6. The van der Waals surface area contributed by atoms with E-state index in [2.05, 4.69) is 20.7 Å². The van der Waals surface area contributed by atoms with Crippen LogP contribution in [0.1, 0.15) is 24.6 Å². The number of para-hydroxylation sites is 1. The van der Waals surface area contributed by atoms with E-state index in [1.165, 1.54) is 17.3 Å². The topological polar surface area (TPSA) is 88.9 Å². The Morgan fingerprint density at radius 3 is 2.23 bits per heavy atom. The summed E-state index contributed by atoms with van der Waals surface area (Å²) in [6.45, 7) is 1.70. The average Bonchev–Trinajstić information content (AvgIpc) is 3.21. The number of aromatic nitrogens is 3. The van der Waals surface area contributed by atoms with Crippen LogP contribution in [0.4, 0.5) is 5.69 Å². The minimum atomic E-state index is -0.824. The van der Waals surface area contributed by atoms with Gasteiger partial charge in [-0.05, 0) is 24.6 Å². The maximum Gasteiger partial charge on any atom is 0.251 e. The van der Waals surface area contributed by atoms with Crippen molar-refractivity contribution in [3.63, 3.8) is 0 Å². The van der Waals surface area contributed by atoms with Crippen LogP contribution in [0.25, 0.3) is 0 Å². The van der Waals surface area contributed by atoms with Crippen molar-refractivity contribution in [3.8, 4) is 0 Å². The summed E-state index contributed by atoms with van der Waals surface area (Å²) in [5.41, 5.74) is 1.36. The van der Waals surface area contributed by atoms with Crippen LogP contribution < -0.4 is 10.6 Å². The SMILES string of the molecule is C[C@@H](C(=O)N[C@H](C(=O)Nc1ccccc1)c1ccccc1)n1cncn1. The Bertz CT molecular complexity index is 850. The average molecular weight is 349 g/mol. The van der Waals surface area contributed by atoms with E-state index >= 15 is 0 Å². The van der Waals surface area contributed by atoms with E-state index in [0.29, 0.717) is 11.3 Å². The van der Waals surface area contributed by atoms with Crippen molar-refractivity contribution in [2.45, 2.75) is 19.0 Å². The van der Waals surface area contributed by atoms with E-state index in [4.69, 9.17) is 0 Å². The number of nitrogens with zero attached hydrogens (tertiary/aromatic N) is 3. The Balaban J connectivity index is 1.79. The molecule has 1 heterocycles. The number of hydrogen-bond donors (Lipinski definition) is 2. The summed E-state index contributed by atoms with van der Waals surface area (Å²) in [6.07, 6.45) is 2.83. The summed E-state index contributed by atoms with van der Waals surface area (Å²) < 4.78 is 1.44. The number of nitrogens with one attached hydrogen (secondary N) is 2. The molecule has 1 aromatic heterocycles. The molecule has 0 aliphatic rings. The second-order valence-electron chi connectivity index (χ2n) is 5.76. The first-order valence-corrected chi connectivity index (χ1v) is 8.20. The van der Waals surface area contributed by atoms with Crippen molar-refractivity contribution in [1.82, 2.24) is 20.1 Å². The van der Waals surface area contributed by atoms with Gasteiger partial charge in [0.1, 0.15) is 24.7 Å². The maximum absolute atomic E-state index is 12.8. The molecule has 2 N–H and O–H groups in total. The lowest BCUT2D eigenvalue weighted by molar-refractivity contribution is -0.128. The van der Waals surface area contributed by atoms with Crippen LogP contribution in [0.15, 0.2) is 73.3 Å². The molecule has 0 fully saturated rings. The Morgan fingerprint density at radius 1 is 0.962 bits per heavy atom. The fourth-order valence-corrected chi connectivity index (χ4v) is 2.48. The molecule has 26 heavy (non-hydrogen) atoms. The van der Waals surface area contributed by atoms with Crippen molar-refractivity contribution in [2.24, 2.45) is 0 Å². The van der Waals surface area contributed by atoms with Gasteiger partial charge in [0.2, 0.25) is 5.91 Å². The monoisotopic (exact) mass is 349 g/mol. The van der Waals surface area contributed by atoms with Crippen molar-refractivity contribution in [3.05, 3.63) is 78.9 Å². The second-order valence-corrected chi connectivity index (χ2v) is 5.76. The van der Waals surface area contributed by atoms with E-state index in [-0.39, 0.29) is 11.8 Å². The van der Waals surface area contributed by atoms with Crippen LogP contribution in [0, 0.1) is 0 Å². The van der Waals surface area contributed by atoms with Gasteiger partial charge in [-0.2, -0.15) is 5.10 Å². The molecular weight excluding hydrogens is 330 g/mol. The molecule has 2 amide bonds. The number of carbonyl (C=O) groups excluding carboxylic acids is 2. The molecule has 3 aromatic rings. The molecule has 2 atom stereocenters. The molecule has 0 aliphatic carbocycles. The van der Waals surface area contributed by atoms with E-state index in [1.54, 1.807) is 31.2 Å². The van der Waals surface area contributed by atoms with Gasteiger partial charge in [0.05, 0.1) is 0 Å². The van der Waals surface area contributed by atoms with Gasteiger partial charge < -0.3 is 10.6 Å². The van der Waals surface area contributed by atoms with Crippen molar-refractivity contribution >= 4 is 17.5 Å². The molecule has 7 heteroatoms. The van der Waals surface area contributed by atoms with E-state index in [0.717, 1.165) is 0 Å². The van der Waals surface area contributed by atoms with Crippen LogP contribution in [-0.4, -0.2) is 26.6 Å². The molecule has 7 nitrogen and oxygen atoms in total. The van der Waals surface area contributed by atoms with Gasteiger partial charge in [-0.15, -0.1) is 0 Å². The third kappa shape index (κ3) is 4.13. The summed E-state index contributed by atoms with van der Waals surface area (Å²) >= 11 is 0. The molecule has 0 unspecified atom stereocenters. The molecule has 0 saturated heterocycles. The van der Waals surface area contributed by atoms with Gasteiger partial charge in [0.15, 0.2) is 0 Å². The standard InChI is InChI=1S/C19H19N5O2/c1-14(24-13-20-12-21-24)18(25)23-17(15-8-4-2-5-9-15)19(26)22-16-10-6-3-7-11-16/h2-14,17H,1H3,(H,22,26)(H,23,25)/t14-,17-/m0/s1. The first kappa shape index (κ1) is 17.3. The zero-order chi connectivity index (χ0) is 18.4. The molecule has 0 radical (unpaired) electrons. The highest BCUT2D eigenvalue weighted by Gasteiger charge is 2.26. The third-order valence-corrected chi connectivity index (χ3v) is 3.94. The fraction of sp³-hybridized carbons (Fsp3) is 0.158. The van der Waals surface area contributed by atoms with Crippen LogP contribution in [0.3, 0.4) is 0 Å². The van der Waals surface area contributed by atoms with Gasteiger partial charge in [0, 0.05) is 5.69 Å². The third-order valence-electron chi connectivity index (χ3n) is 3.94. The highest BCUT2D eigenvalue weighted by atomic mass is 16.2. The molecular formula is C19H19N5O2.